The lowest BCUT2D eigenvalue weighted by molar-refractivity contribution is -0.142. The molecule has 0 saturated carbocycles. The zero-order valence-corrected chi connectivity index (χ0v) is 22.0. The Hall–Kier alpha value is -4.22. The Labute approximate surface area is 219 Å². The third-order valence-corrected chi connectivity index (χ3v) is 6.39. The molecule has 1 unspecified atom stereocenters. The minimum absolute atomic E-state index is 0.00454. The summed E-state index contributed by atoms with van der Waals surface area (Å²) in [6.45, 7) is 3.84. The van der Waals surface area contributed by atoms with E-state index in [0.29, 0.717) is 16.7 Å². The topological polar surface area (TPSA) is 137 Å². The molecule has 1 aromatic carbocycles. The summed E-state index contributed by atoms with van der Waals surface area (Å²) in [5.41, 5.74) is 0.740. The fraction of sp³-hybridized carbons (Fsp3) is 0.462. The van der Waals surface area contributed by atoms with Gasteiger partial charge in [-0.3, -0.25) is 33.2 Å². The number of carbonyl (C=O) groups is 4. The van der Waals surface area contributed by atoms with E-state index in [9.17, 15) is 28.8 Å². The number of hydrogen-bond donors (Lipinski definition) is 0. The first-order chi connectivity index (χ1) is 18.0. The van der Waals surface area contributed by atoms with Gasteiger partial charge in [-0.05, 0) is 18.1 Å². The van der Waals surface area contributed by atoms with Gasteiger partial charge in [-0.25, -0.2) is 9.59 Å². The van der Waals surface area contributed by atoms with E-state index in [1.54, 1.807) is 38.1 Å². The second-order valence-corrected chi connectivity index (χ2v) is 9.20. The number of hydrogen-bond acceptors (Lipinski definition) is 8. The van der Waals surface area contributed by atoms with Crippen LogP contribution in [0.2, 0.25) is 0 Å². The summed E-state index contributed by atoms with van der Waals surface area (Å²) >= 11 is 0. The summed E-state index contributed by atoms with van der Waals surface area (Å²) in [4.78, 5) is 76.8. The molecule has 2 aromatic rings. The van der Waals surface area contributed by atoms with Crippen molar-refractivity contribution in [3.8, 4) is 0 Å². The number of rotatable bonds is 10. The molecule has 12 nitrogen and oxygen atoms in total. The lowest BCUT2D eigenvalue weighted by Crippen LogP contribution is -2.55. The summed E-state index contributed by atoms with van der Waals surface area (Å²) in [6.07, 6.45) is 1.46. The van der Waals surface area contributed by atoms with Crippen molar-refractivity contribution in [3.05, 3.63) is 68.0 Å². The molecule has 0 N–H and O–H groups in total. The number of urea groups is 1. The van der Waals surface area contributed by atoms with Crippen LogP contribution in [0.3, 0.4) is 0 Å². The molecule has 1 aliphatic heterocycles. The Bertz CT molecular complexity index is 1330. The predicted octanol–water partition coefficient (Wildman–Crippen LogP) is 0.893. The van der Waals surface area contributed by atoms with Crippen LogP contribution in [0.5, 0.6) is 0 Å². The van der Waals surface area contributed by atoms with E-state index in [0.717, 1.165) is 9.47 Å². The van der Waals surface area contributed by atoms with Gasteiger partial charge in [0.15, 0.2) is 0 Å². The van der Waals surface area contributed by atoms with Gasteiger partial charge in [0.25, 0.3) is 5.56 Å². The molecule has 1 saturated heterocycles. The molecule has 12 heteroatoms. The van der Waals surface area contributed by atoms with Gasteiger partial charge in [0.1, 0.15) is 0 Å². The molecule has 0 bridgehead atoms. The number of esters is 2. The van der Waals surface area contributed by atoms with Crippen LogP contribution < -0.4 is 11.2 Å². The summed E-state index contributed by atoms with van der Waals surface area (Å²) in [5.74, 6) is -1.62. The third-order valence-electron chi connectivity index (χ3n) is 6.39. The smallest absolute Gasteiger partial charge is 0.331 e. The summed E-state index contributed by atoms with van der Waals surface area (Å²) in [6, 6.07) is 6.43. The minimum atomic E-state index is -0.542. The number of carbonyl (C=O) groups excluding carboxylic acids is 4. The van der Waals surface area contributed by atoms with E-state index in [4.69, 9.17) is 0 Å². The van der Waals surface area contributed by atoms with Crippen LogP contribution in [0.25, 0.3) is 0 Å². The molecule has 1 fully saturated rings. The molecule has 0 aliphatic carbocycles. The Morgan fingerprint density at radius 1 is 0.895 bits per heavy atom. The number of methoxy groups -OCH3 is 2. The van der Waals surface area contributed by atoms with Crippen LogP contribution in [0, 0.1) is 12.8 Å². The van der Waals surface area contributed by atoms with Gasteiger partial charge in [-0.1, -0.05) is 31.2 Å². The quantitative estimate of drug-likeness (QED) is 0.415. The summed E-state index contributed by atoms with van der Waals surface area (Å²) in [5, 5.41) is 0. The highest BCUT2D eigenvalue weighted by molar-refractivity contribution is 5.98. The SMILES string of the molecule is COC(=O)CCN1CC(C)C(=O)N(Cc2ccc(Cn3c(=O)c(C)cn(CCC(=O)OC)c3=O)cc2)C1=O. The van der Waals surface area contributed by atoms with Crippen molar-refractivity contribution in [2.45, 2.75) is 46.3 Å². The van der Waals surface area contributed by atoms with Crippen molar-refractivity contribution in [2.24, 2.45) is 5.92 Å². The number of amides is 3. The molecule has 3 amide bonds. The van der Waals surface area contributed by atoms with Crippen molar-refractivity contribution < 1.29 is 28.7 Å². The van der Waals surface area contributed by atoms with Crippen LogP contribution >= 0.6 is 0 Å². The molecule has 204 valence electrons. The molecule has 0 spiro atoms. The molecule has 38 heavy (non-hydrogen) atoms. The largest absolute Gasteiger partial charge is 0.469 e. The highest BCUT2D eigenvalue weighted by Gasteiger charge is 2.36. The zero-order valence-electron chi connectivity index (χ0n) is 22.0. The van der Waals surface area contributed by atoms with Gasteiger partial charge in [-0.2, -0.15) is 0 Å². The summed E-state index contributed by atoms with van der Waals surface area (Å²) < 4.78 is 11.7. The van der Waals surface area contributed by atoms with Crippen molar-refractivity contribution in [1.82, 2.24) is 18.9 Å². The van der Waals surface area contributed by atoms with Crippen molar-refractivity contribution >= 4 is 23.9 Å². The van der Waals surface area contributed by atoms with Gasteiger partial charge >= 0.3 is 23.7 Å². The minimum Gasteiger partial charge on any atom is -0.469 e. The zero-order chi connectivity index (χ0) is 28.0. The first-order valence-corrected chi connectivity index (χ1v) is 12.2. The lowest BCUT2D eigenvalue weighted by Gasteiger charge is -2.37. The monoisotopic (exact) mass is 528 g/mol. The molecule has 3 rings (SSSR count). The third kappa shape index (κ3) is 6.55. The first-order valence-electron chi connectivity index (χ1n) is 12.2. The van der Waals surface area contributed by atoms with Crippen LogP contribution in [0.1, 0.15) is 36.5 Å². The Morgan fingerprint density at radius 3 is 2.03 bits per heavy atom. The van der Waals surface area contributed by atoms with Gasteiger partial charge < -0.3 is 14.4 Å². The van der Waals surface area contributed by atoms with E-state index in [-0.39, 0.29) is 51.5 Å². The Kier molecular flexibility index (Phi) is 9.21. The van der Waals surface area contributed by atoms with Crippen LogP contribution in [0.4, 0.5) is 4.79 Å². The second kappa shape index (κ2) is 12.3. The highest BCUT2D eigenvalue weighted by Crippen LogP contribution is 2.19. The average molecular weight is 529 g/mol. The average Bonchev–Trinajstić information content (AvgIpc) is 2.91. The molecular weight excluding hydrogens is 496 g/mol. The summed E-state index contributed by atoms with van der Waals surface area (Å²) in [7, 11) is 2.54. The van der Waals surface area contributed by atoms with E-state index in [1.165, 1.54) is 29.9 Å². The molecule has 2 heterocycles. The maximum Gasteiger partial charge on any atom is 0.331 e. The van der Waals surface area contributed by atoms with E-state index < -0.39 is 35.1 Å². The fourth-order valence-corrected chi connectivity index (χ4v) is 4.21. The van der Waals surface area contributed by atoms with Gasteiger partial charge in [0.2, 0.25) is 5.91 Å². The first kappa shape index (κ1) is 28.4. The van der Waals surface area contributed by atoms with Gasteiger partial charge in [0, 0.05) is 31.4 Å². The second-order valence-electron chi connectivity index (χ2n) is 9.20. The number of ether oxygens (including phenoxy) is 2. The standard InChI is InChI=1S/C26H32N4O8/c1-17-13-27(11-9-21(31)37-3)25(35)29(23(17)33)15-19-5-7-20(8-6-19)16-30-24(34)18(2)14-28(26(30)36)12-10-22(32)38-4/h5-8,13,18H,9-12,14-16H2,1-4H3. The molecule has 0 radical (unpaired) electrons. The van der Waals surface area contributed by atoms with Crippen molar-refractivity contribution in [2.75, 3.05) is 27.3 Å². The molecule has 1 aliphatic rings. The normalized spacial score (nSPS) is 15.5. The van der Waals surface area contributed by atoms with E-state index in [2.05, 4.69) is 9.47 Å². The maximum absolute atomic E-state index is 12.9. The number of aromatic nitrogens is 2. The van der Waals surface area contributed by atoms with Crippen LogP contribution in [-0.2, 0) is 43.5 Å². The van der Waals surface area contributed by atoms with Crippen LogP contribution in [-0.4, -0.2) is 70.1 Å². The Balaban J connectivity index is 1.74. The molecule has 1 atom stereocenters. The number of imide groups is 1. The van der Waals surface area contributed by atoms with Gasteiger partial charge in [0.05, 0.1) is 46.1 Å². The fourth-order valence-electron chi connectivity index (χ4n) is 4.21. The molecular formula is C26H32N4O8. The predicted molar refractivity (Wildman–Crippen MR) is 135 cm³/mol. The Morgan fingerprint density at radius 2 is 1.45 bits per heavy atom. The lowest BCUT2D eigenvalue weighted by atomic mass is 10.1. The number of benzene rings is 1. The maximum atomic E-state index is 12.9. The van der Waals surface area contributed by atoms with Crippen LogP contribution in [0.15, 0.2) is 40.1 Å². The van der Waals surface area contributed by atoms with E-state index >= 15 is 0 Å². The number of aryl methyl sites for hydroxylation is 2. The van der Waals surface area contributed by atoms with Crippen molar-refractivity contribution in [3.63, 3.8) is 0 Å². The highest BCUT2D eigenvalue weighted by atomic mass is 16.5. The van der Waals surface area contributed by atoms with E-state index in [1.807, 2.05) is 0 Å². The van der Waals surface area contributed by atoms with Gasteiger partial charge in [-0.15, -0.1) is 0 Å². The number of nitrogens with zero attached hydrogens (tertiary/aromatic N) is 4. The molecule has 1 aromatic heterocycles. The van der Waals surface area contributed by atoms with Crippen molar-refractivity contribution in [1.29, 1.82) is 0 Å².